The van der Waals surface area contributed by atoms with E-state index >= 15 is 0 Å². The highest BCUT2D eigenvalue weighted by molar-refractivity contribution is 7.80. The predicted octanol–water partition coefficient (Wildman–Crippen LogP) is 0.990. The van der Waals surface area contributed by atoms with Crippen molar-refractivity contribution in [1.82, 2.24) is 5.32 Å². The lowest BCUT2D eigenvalue weighted by atomic mass is 10.2. The molecular formula is C13H17FN2O3S. The number of carbonyl (C=O) groups is 1. The van der Waals surface area contributed by atoms with Gasteiger partial charge in [-0.25, -0.2) is 4.39 Å². The zero-order valence-electron chi connectivity index (χ0n) is 11.3. The standard InChI is InChI=1S/C13H17FN2O3S/c1-8(13(17)16-5-6-18-2)19-11-4-3-9(12(15)20)7-10(11)14/h3-4,7-8H,5-6H2,1-2H3,(H2,15,20)(H,16,17). The quantitative estimate of drug-likeness (QED) is 0.580. The second-order valence-electron chi connectivity index (χ2n) is 4.05. The molecule has 1 aromatic carbocycles. The molecule has 1 aromatic rings. The zero-order chi connectivity index (χ0) is 15.1. The number of rotatable bonds is 7. The fourth-order valence-corrected chi connectivity index (χ4v) is 1.54. The number of amides is 1. The van der Waals surface area contributed by atoms with E-state index in [2.05, 4.69) is 5.32 Å². The second-order valence-corrected chi connectivity index (χ2v) is 4.49. The summed E-state index contributed by atoms with van der Waals surface area (Å²) < 4.78 is 23.8. The van der Waals surface area contributed by atoms with E-state index in [1.165, 1.54) is 32.2 Å². The van der Waals surface area contributed by atoms with Gasteiger partial charge in [0.15, 0.2) is 17.7 Å². The van der Waals surface area contributed by atoms with E-state index in [-0.39, 0.29) is 16.6 Å². The molecule has 1 unspecified atom stereocenters. The van der Waals surface area contributed by atoms with Gasteiger partial charge in [0.05, 0.1) is 6.61 Å². The molecule has 3 N–H and O–H groups in total. The molecule has 0 radical (unpaired) electrons. The first kappa shape index (κ1) is 16.3. The largest absolute Gasteiger partial charge is 0.478 e. The third-order valence-corrected chi connectivity index (χ3v) is 2.73. The first-order valence-electron chi connectivity index (χ1n) is 5.98. The molecule has 0 saturated carbocycles. The van der Waals surface area contributed by atoms with E-state index < -0.39 is 11.9 Å². The predicted molar refractivity (Wildman–Crippen MR) is 77.3 cm³/mol. The Kier molecular flexibility index (Phi) is 6.33. The average molecular weight is 300 g/mol. The Morgan fingerprint density at radius 1 is 1.55 bits per heavy atom. The monoisotopic (exact) mass is 300 g/mol. The number of nitrogens with one attached hydrogen (secondary N) is 1. The SMILES string of the molecule is COCCNC(=O)C(C)Oc1ccc(C(N)=S)cc1F. The Hall–Kier alpha value is -1.73. The lowest BCUT2D eigenvalue weighted by Crippen LogP contribution is -2.38. The smallest absolute Gasteiger partial charge is 0.260 e. The molecule has 1 atom stereocenters. The van der Waals surface area contributed by atoms with E-state index in [4.69, 9.17) is 27.4 Å². The molecule has 20 heavy (non-hydrogen) atoms. The van der Waals surface area contributed by atoms with Crippen LogP contribution in [0.15, 0.2) is 18.2 Å². The van der Waals surface area contributed by atoms with Gasteiger partial charge in [0.25, 0.3) is 5.91 Å². The summed E-state index contributed by atoms with van der Waals surface area (Å²) in [5.74, 6) is -0.994. The second kappa shape index (κ2) is 7.76. The summed E-state index contributed by atoms with van der Waals surface area (Å²) in [4.78, 5) is 11.8. The van der Waals surface area contributed by atoms with E-state index in [1.807, 2.05) is 0 Å². The minimum Gasteiger partial charge on any atom is -0.478 e. The lowest BCUT2D eigenvalue weighted by molar-refractivity contribution is -0.127. The van der Waals surface area contributed by atoms with Gasteiger partial charge in [-0.1, -0.05) is 12.2 Å². The number of nitrogens with two attached hydrogens (primary N) is 1. The normalized spacial score (nSPS) is 11.8. The molecule has 0 aliphatic carbocycles. The van der Waals surface area contributed by atoms with Crippen LogP contribution in [0.25, 0.3) is 0 Å². The number of ether oxygens (including phenoxy) is 2. The minimum atomic E-state index is -0.822. The summed E-state index contributed by atoms with van der Waals surface area (Å²) >= 11 is 4.75. The molecule has 1 rings (SSSR count). The van der Waals surface area contributed by atoms with Crippen molar-refractivity contribution >= 4 is 23.1 Å². The average Bonchev–Trinajstić information content (AvgIpc) is 2.40. The van der Waals surface area contributed by atoms with Crippen molar-refractivity contribution in [3.8, 4) is 5.75 Å². The molecular weight excluding hydrogens is 283 g/mol. The van der Waals surface area contributed by atoms with Crippen molar-refractivity contribution in [1.29, 1.82) is 0 Å². The van der Waals surface area contributed by atoms with E-state index in [0.717, 1.165) is 0 Å². The third-order valence-electron chi connectivity index (χ3n) is 2.49. The fraction of sp³-hybridized carbons (Fsp3) is 0.385. The molecule has 0 spiro atoms. The van der Waals surface area contributed by atoms with Crippen LogP contribution >= 0.6 is 12.2 Å². The maximum absolute atomic E-state index is 13.7. The molecule has 0 heterocycles. The molecule has 0 aromatic heterocycles. The highest BCUT2D eigenvalue weighted by atomic mass is 32.1. The Morgan fingerprint density at radius 3 is 2.80 bits per heavy atom. The van der Waals surface area contributed by atoms with Crippen LogP contribution in [-0.2, 0) is 9.53 Å². The van der Waals surface area contributed by atoms with Gasteiger partial charge in [-0.05, 0) is 25.1 Å². The van der Waals surface area contributed by atoms with Gasteiger partial charge in [-0.15, -0.1) is 0 Å². The van der Waals surface area contributed by atoms with E-state index in [9.17, 15) is 9.18 Å². The molecule has 0 bridgehead atoms. The van der Waals surface area contributed by atoms with Gasteiger partial charge in [0, 0.05) is 19.2 Å². The number of thiocarbonyl (C=S) groups is 1. The van der Waals surface area contributed by atoms with Gasteiger partial charge in [-0.2, -0.15) is 0 Å². The minimum absolute atomic E-state index is 0.0283. The Bertz CT molecular complexity index is 497. The Morgan fingerprint density at radius 2 is 2.25 bits per heavy atom. The molecule has 1 amide bonds. The van der Waals surface area contributed by atoms with Crippen LogP contribution in [-0.4, -0.2) is 37.3 Å². The fourth-order valence-electron chi connectivity index (χ4n) is 1.41. The molecule has 0 aliphatic heterocycles. The van der Waals surface area contributed by atoms with Crippen molar-refractivity contribution < 1.29 is 18.7 Å². The van der Waals surface area contributed by atoms with Crippen LogP contribution in [0, 0.1) is 5.82 Å². The van der Waals surface area contributed by atoms with Gasteiger partial charge < -0.3 is 20.5 Å². The molecule has 0 aliphatic rings. The molecule has 7 heteroatoms. The summed E-state index contributed by atoms with van der Waals surface area (Å²) in [5, 5.41) is 2.60. The maximum Gasteiger partial charge on any atom is 0.260 e. The van der Waals surface area contributed by atoms with Gasteiger partial charge in [0.2, 0.25) is 0 Å². The van der Waals surface area contributed by atoms with Crippen LogP contribution in [0.2, 0.25) is 0 Å². The van der Waals surface area contributed by atoms with Crippen molar-refractivity contribution in [2.45, 2.75) is 13.0 Å². The molecule has 110 valence electrons. The van der Waals surface area contributed by atoms with Crippen LogP contribution in [0.1, 0.15) is 12.5 Å². The summed E-state index contributed by atoms with van der Waals surface area (Å²) in [6.07, 6.45) is -0.822. The Labute approximate surface area is 122 Å². The topological polar surface area (TPSA) is 73.6 Å². The van der Waals surface area contributed by atoms with Gasteiger partial charge in [-0.3, -0.25) is 4.79 Å². The zero-order valence-corrected chi connectivity index (χ0v) is 12.1. The van der Waals surface area contributed by atoms with Crippen LogP contribution < -0.4 is 15.8 Å². The highest BCUT2D eigenvalue weighted by Gasteiger charge is 2.16. The molecule has 0 saturated heterocycles. The molecule has 0 fully saturated rings. The summed E-state index contributed by atoms with van der Waals surface area (Å²) in [6, 6.07) is 4.10. The van der Waals surface area contributed by atoms with Crippen molar-refractivity contribution in [2.24, 2.45) is 5.73 Å². The third kappa shape index (κ3) is 4.75. The maximum atomic E-state index is 13.7. The summed E-state index contributed by atoms with van der Waals surface area (Å²) in [5.41, 5.74) is 5.80. The summed E-state index contributed by atoms with van der Waals surface area (Å²) in [6.45, 7) is 2.30. The number of benzene rings is 1. The van der Waals surface area contributed by atoms with E-state index in [1.54, 1.807) is 0 Å². The number of hydrogen-bond acceptors (Lipinski definition) is 4. The van der Waals surface area contributed by atoms with Crippen LogP contribution in [0.4, 0.5) is 4.39 Å². The summed E-state index contributed by atoms with van der Waals surface area (Å²) in [7, 11) is 1.53. The number of hydrogen-bond donors (Lipinski definition) is 2. The van der Waals surface area contributed by atoms with Crippen molar-refractivity contribution in [2.75, 3.05) is 20.3 Å². The molecule has 5 nitrogen and oxygen atoms in total. The van der Waals surface area contributed by atoms with Crippen LogP contribution in [0.3, 0.4) is 0 Å². The van der Waals surface area contributed by atoms with E-state index in [0.29, 0.717) is 18.7 Å². The first-order valence-corrected chi connectivity index (χ1v) is 6.39. The number of halogens is 1. The Balaban J connectivity index is 2.63. The van der Waals surface area contributed by atoms with Crippen molar-refractivity contribution in [3.05, 3.63) is 29.6 Å². The van der Waals surface area contributed by atoms with Crippen LogP contribution in [0.5, 0.6) is 5.75 Å². The number of carbonyl (C=O) groups excluding carboxylic acids is 1. The van der Waals surface area contributed by atoms with Crippen molar-refractivity contribution in [3.63, 3.8) is 0 Å². The first-order chi connectivity index (χ1) is 9.45. The lowest BCUT2D eigenvalue weighted by Gasteiger charge is -2.15. The number of methoxy groups -OCH3 is 1. The van der Waals surface area contributed by atoms with Gasteiger partial charge in [0.1, 0.15) is 4.99 Å². The highest BCUT2D eigenvalue weighted by Crippen LogP contribution is 2.19. The van der Waals surface area contributed by atoms with Gasteiger partial charge >= 0.3 is 0 Å².